The highest BCUT2D eigenvalue weighted by Crippen LogP contribution is 2.26. The van der Waals surface area contributed by atoms with Crippen LogP contribution in [0.2, 0.25) is 5.02 Å². The first-order chi connectivity index (χ1) is 9.58. The third-order valence-corrected chi connectivity index (χ3v) is 2.77. The molecule has 6 heteroatoms. The van der Waals surface area contributed by atoms with Crippen LogP contribution in [0.1, 0.15) is 0 Å². The number of ether oxygens (including phenoxy) is 1. The second-order valence-corrected chi connectivity index (χ2v) is 4.41. The summed E-state index contributed by atoms with van der Waals surface area (Å²) in [6.07, 6.45) is 0. The van der Waals surface area contributed by atoms with Gasteiger partial charge in [-0.25, -0.2) is 4.79 Å². The molecule has 0 saturated carbocycles. The average molecular weight is 293 g/mol. The van der Waals surface area contributed by atoms with Gasteiger partial charge in [0.25, 0.3) is 0 Å². The van der Waals surface area contributed by atoms with Crippen LogP contribution in [0.4, 0.5) is 16.2 Å². The molecule has 0 aliphatic heterocycles. The van der Waals surface area contributed by atoms with Gasteiger partial charge in [-0.2, -0.15) is 0 Å². The highest BCUT2D eigenvalue weighted by atomic mass is 35.5. The molecule has 0 aromatic heterocycles. The largest absolute Gasteiger partial charge is 0.506 e. The summed E-state index contributed by atoms with van der Waals surface area (Å²) in [5.74, 6) is 0.573. The zero-order valence-corrected chi connectivity index (χ0v) is 11.4. The number of urea groups is 1. The maximum atomic E-state index is 11.8. The fourth-order valence-electron chi connectivity index (χ4n) is 1.59. The van der Waals surface area contributed by atoms with Gasteiger partial charge in [-0.05, 0) is 30.3 Å². The third kappa shape index (κ3) is 3.55. The lowest BCUT2D eigenvalue weighted by molar-refractivity contribution is 0.262. The molecule has 2 aromatic rings. The molecule has 2 aromatic carbocycles. The van der Waals surface area contributed by atoms with Crippen LogP contribution in [-0.4, -0.2) is 18.2 Å². The predicted octanol–water partition coefficient (Wildman–Crippen LogP) is 3.70. The number of carbonyl (C=O) groups excluding carboxylic acids is 1. The van der Waals surface area contributed by atoms with Gasteiger partial charge in [0.15, 0.2) is 0 Å². The van der Waals surface area contributed by atoms with Gasteiger partial charge in [-0.3, -0.25) is 0 Å². The van der Waals surface area contributed by atoms with Gasteiger partial charge in [0.05, 0.1) is 12.8 Å². The number of hydrogen-bond donors (Lipinski definition) is 3. The second kappa shape index (κ2) is 6.16. The molecule has 5 nitrogen and oxygen atoms in total. The van der Waals surface area contributed by atoms with Gasteiger partial charge < -0.3 is 20.5 Å². The molecular formula is C14H13ClN2O3. The summed E-state index contributed by atoms with van der Waals surface area (Å²) in [6.45, 7) is 0. The van der Waals surface area contributed by atoms with E-state index in [9.17, 15) is 9.90 Å². The Morgan fingerprint density at radius 3 is 2.75 bits per heavy atom. The lowest BCUT2D eigenvalue weighted by atomic mass is 10.3. The van der Waals surface area contributed by atoms with Crippen molar-refractivity contribution in [3.63, 3.8) is 0 Å². The van der Waals surface area contributed by atoms with E-state index in [0.29, 0.717) is 16.5 Å². The highest BCUT2D eigenvalue weighted by molar-refractivity contribution is 6.31. The highest BCUT2D eigenvalue weighted by Gasteiger charge is 2.07. The van der Waals surface area contributed by atoms with E-state index in [-0.39, 0.29) is 11.4 Å². The molecule has 0 fully saturated rings. The monoisotopic (exact) mass is 292 g/mol. The van der Waals surface area contributed by atoms with Crippen molar-refractivity contribution in [2.75, 3.05) is 17.7 Å². The Kier molecular flexibility index (Phi) is 4.32. The normalized spacial score (nSPS) is 9.90. The number of benzene rings is 2. The summed E-state index contributed by atoms with van der Waals surface area (Å²) in [7, 11) is 1.54. The summed E-state index contributed by atoms with van der Waals surface area (Å²) < 4.78 is 5.06. The van der Waals surface area contributed by atoms with Crippen LogP contribution in [0, 0.1) is 0 Å². The topological polar surface area (TPSA) is 70.6 Å². The predicted molar refractivity (Wildman–Crippen MR) is 78.8 cm³/mol. The Labute approximate surface area is 121 Å². The Morgan fingerprint density at radius 2 is 2.00 bits per heavy atom. The minimum absolute atomic E-state index is 0.0600. The quantitative estimate of drug-likeness (QED) is 0.755. The van der Waals surface area contributed by atoms with E-state index in [4.69, 9.17) is 16.3 Å². The smallest absolute Gasteiger partial charge is 0.323 e. The lowest BCUT2D eigenvalue weighted by Gasteiger charge is -2.10. The van der Waals surface area contributed by atoms with Crippen molar-refractivity contribution in [2.24, 2.45) is 0 Å². The van der Waals surface area contributed by atoms with Gasteiger partial charge in [-0.15, -0.1) is 0 Å². The van der Waals surface area contributed by atoms with E-state index >= 15 is 0 Å². The molecule has 0 bridgehead atoms. The van der Waals surface area contributed by atoms with Crippen LogP contribution in [-0.2, 0) is 0 Å². The second-order valence-electron chi connectivity index (χ2n) is 3.97. The first kappa shape index (κ1) is 14.0. The molecule has 2 rings (SSSR count). The number of rotatable bonds is 3. The number of anilines is 2. The number of amides is 2. The molecule has 0 saturated heterocycles. The standard InChI is InChI=1S/C14H13ClN2O3/c1-20-11-4-2-3-10(8-11)16-14(19)17-12-7-9(15)5-6-13(12)18/h2-8,18H,1H3,(H2,16,17,19). The van der Waals surface area contributed by atoms with E-state index in [1.165, 1.54) is 18.2 Å². The zero-order chi connectivity index (χ0) is 14.5. The molecule has 0 heterocycles. The molecule has 0 atom stereocenters. The Bertz CT molecular complexity index is 632. The molecule has 0 spiro atoms. The first-order valence-corrected chi connectivity index (χ1v) is 6.17. The van der Waals surface area contributed by atoms with Crippen LogP contribution in [0.5, 0.6) is 11.5 Å². The van der Waals surface area contributed by atoms with Crippen LogP contribution < -0.4 is 15.4 Å². The fraction of sp³-hybridized carbons (Fsp3) is 0.0714. The van der Waals surface area contributed by atoms with E-state index < -0.39 is 6.03 Å². The number of phenolic OH excluding ortho intramolecular Hbond substituents is 1. The van der Waals surface area contributed by atoms with Crippen LogP contribution in [0.25, 0.3) is 0 Å². The average Bonchev–Trinajstić information content (AvgIpc) is 2.43. The number of carbonyl (C=O) groups is 1. The van der Waals surface area contributed by atoms with E-state index in [1.54, 1.807) is 31.4 Å². The fourth-order valence-corrected chi connectivity index (χ4v) is 1.77. The number of nitrogens with one attached hydrogen (secondary N) is 2. The first-order valence-electron chi connectivity index (χ1n) is 5.79. The maximum absolute atomic E-state index is 11.8. The molecule has 0 unspecified atom stereocenters. The SMILES string of the molecule is COc1cccc(NC(=O)Nc2cc(Cl)ccc2O)c1. The molecule has 2 amide bonds. The summed E-state index contributed by atoms with van der Waals surface area (Å²) in [5, 5.41) is 15.2. The molecule has 20 heavy (non-hydrogen) atoms. The van der Waals surface area contributed by atoms with Crippen molar-refractivity contribution in [1.29, 1.82) is 0 Å². The molecular weight excluding hydrogens is 280 g/mol. The Morgan fingerprint density at radius 1 is 1.20 bits per heavy atom. The third-order valence-electron chi connectivity index (χ3n) is 2.53. The Balaban J connectivity index is 2.07. The Hall–Kier alpha value is -2.40. The number of hydrogen-bond acceptors (Lipinski definition) is 3. The minimum atomic E-state index is -0.490. The molecule has 0 radical (unpaired) electrons. The van der Waals surface area contributed by atoms with Crippen LogP contribution in [0.15, 0.2) is 42.5 Å². The van der Waals surface area contributed by atoms with Crippen molar-refractivity contribution in [3.8, 4) is 11.5 Å². The van der Waals surface area contributed by atoms with E-state index in [2.05, 4.69) is 10.6 Å². The zero-order valence-electron chi connectivity index (χ0n) is 10.7. The number of halogens is 1. The van der Waals surface area contributed by atoms with E-state index in [1.807, 2.05) is 0 Å². The molecule has 104 valence electrons. The summed E-state index contributed by atoms with van der Waals surface area (Å²) in [5.41, 5.74) is 0.807. The number of phenols is 1. The van der Waals surface area contributed by atoms with Crippen molar-refractivity contribution >= 4 is 29.0 Å². The van der Waals surface area contributed by atoms with Gasteiger partial charge >= 0.3 is 6.03 Å². The van der Waals surface area contributed by atoms with Crippen LogP contribution >= 0.6 is 11.6 Å². The van der Waals surface area contributed by atoms with Crippen molar-refractivity contribution < 1.29 is 14.6 Å². The number of methoxy groups -OCH3 is 1. The van der Waals surface area contributed by atoms with Crippen molar-refractivity contribution in [3.05, 3.63) is 47.5 Å². The summed E-state index contributed by atoms with van der Waals surface area (Å²) in [4.78, 5) is 11.8. The maximum Gasteiger partial charge on any atom is 0.323 e. The molecule has 0 aliphatic rings. The summed E-state index contributed by atoms with van der Waals surface area (Å²) in [6, 6.07) is 10.8. The van der Waals surface area contributed by atoms with Crippen molar-refractivity contribution in [2.45, 2.75) is 0 Å². The molecule has 0 aliphatic carbocycles. The molecule has 3 N–H and O–H groups in total. The van der Waals surface area contributed by atoms with Gasteiger partial charge in [0.1, 0.15) is 11.5 Å². The minimum Gasteiger partial charge on any atom is -0.506 e. The van der Waals surface area contributed by atoms with E-state index in [0.717, 1.165) is 0 Å². The van der Waals surface area contributed by atoms with Gasteiger partial charge in [0.2, 0.25) is 0 Å². The van der Waals surface area contributed by atoms with Crippen molar-refractivity contribution in [1.82, 2.24) is 0 Å². The lowest BCUT2D eigenvalue weighted by Crippen LogP contribution is -2.19. The number of aromatic hydroxyl groups is 1. The summed E-state index contributed by atoms with van der Waals surface area (Å²) >= 11 is 5.80. The van der Waals surface area contributed by atoms with Crippen LogP contribution in [0.3, 0.4) is 0 Å². The van der Waals surface area contributed by atoms with Gasteiger partial charge in [0, 0.05) is 16.8 Å². The van der Waals surface area contributed by atoms with Gasteiger partial charge in [-0.1, -0.05) is 17.7 Å².